The minimum atomic E-state index is 0.0955. The summed E-state index contributed by atoms with van der Waals surface area (Å²) in [6, 6.07) is 14.6. The average Bonchev–Trinajstić information content (AvgIpc) is 2.18. The molecule has 2 N–H and O–H groups in total. The molecule has 69 valence electrons. The first-order valence-corrected chi connectivity index (χ1v) is 4.26. The molecule has 0 amide bonds. The molecule has 0 atom stereocenters. The molecule has 2 rings (SSSR count). The summed E-state index contributed by atoms with van der Waals surface area (Å²) in [6.45, 7) is 0. The van der Waals surface area contributed by atoms with Crippen LogP contribution >= 0.6 is 0 Å². The van der Waals surface area contributed by atoms with Crippen molar-refractivity contribution in [2.45, 2.75) is 0 Å². The average molecular weight is 185 g/mol. The number of rotatable bonds is 1. The van der Waals surface area contributed by atoms with Crippen molar-refractivity contribution >= 4 is 0 Å². The molecule has 0 spiro atoms. The van der Waals surface area contributed by atoms with Gasteiger partial charge >= 0.3 is 0 Å². The third-order valence-electron chi connectivity index (χ3n) is 1.99. The van der Waals surface area contributed by atoms with Gasteiger partial charge in [-0.15, -0.1) is 0 Å². The van der Waals surface area contributed by atoms with Gasteiger partial charge in [0.15, 0.2) is 0 Å². The van der Waals surface area contributed by atoms with E-state index < -0.39 is 0 Å². The van der Waals surface area contributed by atoms with Crippen LogP contribution in [0.1, 0.15) is 0 Å². The van der Waals surface area contributed by atoms with Gasteiger partial charge in [-0.25, -0.2) is 0 Å². The van der Waals surface area contributed by atoms with E-state index in [1.165, 1.54) is 0 Å². The number of aromatic hydroxyl groups is 2. The zero-order valence-corrected chi connectivity index (χ0v) is 7.44. The minimum Gasteiger partial charge on any atom is -0.508 e. The summed E-state index contributed by atoms with van der Waals surface area (Å²) in [6.07, 6.45) is 0. The summed E-state index contributed by atoms with van der Waals surface area (Å²) >= 11 is 0. The lowest BCUT2D eigenvalue weighted by molar-refractivity contribution is 0.474. The molecule has 2 aromatic carbocycles. The summed E-state index contributed by atoms with van der Waals surface area (Å²) in [5, 5.41) is 18.8. The molecule has 0 aliphatic carbocycles. The maximum atomic E-state index is 9.52. The molecule has 0 saturated heterocycles. The molecule has 2 heteroatoms. The highest BCUT2D eigenvalue weighted by Gasteiger charge is 2.02. The van der Waals surface area contributed by atoms with Crippen LogP contribution in [0.2, 0.25) is 0 Å². The maximum absolute atomic E-state index is 9.52. The largest absolute Gasteiger partial charge is 0.508 e. The highest BCUT2D eigenvalue weighted by molar-refractivity contribution is 5.70. The summed E-state index contributed by atoms with van der Waals surface area (Å²) in [5.74, 6) is 0.281. The fourth-order valence-electron chi connectivity index (χ4n) is 1.33. The molecular formula is C12H9O2. The van der Waals surface area contributed by atoms with Gasteiger partial charge in [-0.05, 0) is 17.7 Å². The van der Waals surface area contributed by atoms with Crippen LogP contribution in [0.25, 0.3) is 11.1 Å². The van der Waals surface area contributed by atoms with Crippen LogP contribution in [0.4, 0.5) is 0 Å². The number of hydrogen-bond donors (Lipinski definition) is 2. The topological polar surface area (TPSA) is 40.5 Å². The molecule has 0 saturated carbocycles. The Morgan fingerprint density at radius 1 is 1.00 bits per heavy atom. The number of hydrogen-bond acceptors (Lipinski definition) is 2. The number of para-hydroxylation sites is 1. The molecule has 0 unspecified atom stereocenters. The van der Waals surface area contributed by atoms with Gasteiger partial charge < -0.3 is 10.2 Å². The van der Waals surface area contributed by atoms with Crippen molar-refractivity contribution in [3.63, 3.8) is 0 Å². The lowest BCUT2D eigenvalue weighted by Crippen LogP contribution is -1.78. The van der Waals surface area contributed by atoms with Crippen LogP contribution in [-0.2, 0) is 0 Å². The SMILES string of the molecule is Oc1cccc(-c2ccc[c]c2O)c1. The molecule has 0 aliphatic rings. The minimum absolute atomic E-state index is 0.0955. The first-order valence-electron chi connectivity index (χ1n) is 4.26. The van der Waals surface area contributed by atoms with E-state index in [1.807, 2.05) is 6.07 Å². The van der Waals surface area contributed by atoms with Crippen LogP contribution < -0.4 is 0 Å². The van der Waals surface area contributed by atoms with E-state index in [0.717, 1.165) is 5.56 Å². The Kier molecular flexibility index (Phi) is 2.11. The molecule has 0 fully saturated rings. The van der Waals surface area contributed by atoms with Crippen LogP contribution in [-0.4, -0.2) is 10.2 Å². The van der Waals surface area contributed by atoms with Crippen molar-refractivity contribution in [2.75, 3.05) is 0 Å². The second-order valence-electron chi connectivity index (χ2n) is 2.98. The fourth-order valence-corrected chi connectivity index (χ4v) is 1.33. The normalized spacial score (nSPS) is 10.0. The summed E-state index contributed by atoms with van der Waals surface area (Å²) < 4.78 is 0. The predicted molar refractivity (Wildman–Crippen MR) is 54.0 cm³/mol. The van der Waals surface area contributed by atoms with Gasteiger partial charge in [-0.3, -0.25) is 0 Å². The van der Waals surface area contributed by atoms with Crippen molar-refractivity contribution in [2.24, 2.45) is 0 Å². The van der Waals surface area contributed by atoms with E-state index in [4.69, 9.17) is 0 Å². The lowest BCUT2D eigenvalue weighted by Gasteiger charge is -2.03. The Morgan fingerprint density at radius 2 is 1.86 bits per heavy atom. The molecule has 0 bridgehead atoms. The highest BCUT2D eigenvalue weighted by atomic mass is 16.3. The van der Waals surface area contributed by atoms with E-state index in [2.05, 4.69) is 6.07 Å². The first-order chi connectivity index (χ1) is 6.77. The second-order valence-corrected chi connectivity index (χ2v) is 2.98. The van der Waals surface area contributed by atoms with Gasteiger partial charge in [0.05, 0.1) is 0 Å². The summed E-state index contributed by atoms with van der Waals surface area (Å²) in [4.78, 5) is 0. The smallest absolute Gasteiger partial charge is 0.131 e. The van der Waals surface area contributed by atoms with Gasteiger partial charge in [0.2, 0.25) is 0 Å². The van der Waals surface area contributed by atoms with Gasteiger partial charge in [-0.1, -0.05) is 30.3 Å². The first kappa shape index (κ1) is 8.63. The Balaban J connectivity index is 2.55. The zero-order valence-electron chi connectivity index (χ0n) is 7.44. The standard InChI is InChI=1S/C12H9O2/c13-10-5-3-4-9(8-10)11-6-1-2-7-12(11)14/h1-6,8,13-14H. The van der Waals surface area contributed by atoms with Gasteiger partial charge in [0.1, 0.15) is 11.5 Å². The number of phenols is 2. The van der Waals surface area contributed by atoms with Crippen molar-refractivity contribution in [1.82, 2.24) is 0 Å². The summed E-state index contributed by atoms with van der Waals surface area (Å²) in [5.41, 5.74) is 1.45. The van der Waals surface area contributed by atoms with Gasteiger partial charge in [-0.2, -0.15) is 0 Å². The quantitative estimate of drug-likeness (QED) is 0.716. The van der Waals surface area contributed by atoms with E-state index in [9.17, 15) is 10.2 Å². The Labute approximate surface area is 82.1 Å². The number of phenolic OH excluding ortho intramolecular Hbond substituents is 2. The molecule has 2 nitrogen and oxygen atoms in total. The monoisotopic (exact) mass is 185 g/mol. The molecule has 0 aromatic heterocycles. The molecular weight excluding hydrogens is 176 g/mol. The second kappa shape index (κ2) is 3.42. The Bertz CT molecular complexity index is 450. The summed E-state index contributed by atoms with van der Waals surface area (Å²) in [7, 11) is 0. The maximum Gasteiger partial charge on any atom is 0.131 e. The molecule has 2 aromatic rings. The van der Waals surface area contributed by atoms with Crippen LogP contribution in [0.3, 0.4) is 0 Å². The van der Waals surface area contributed by atoms with Gasteiger partial charge in [0, 0.05) is 11.6 Å². The van der Waals surface area contributed by atoms with Crippen molar-refractivity contribution < 1.29 is 10.2 Å². The van der Waals surface area contributed by atoms with Crippen molar-refractivity contribution in [3.8, 4) is 22.6 Å². The Morgan fingerprint density at radius 3 is 2.57 bits per heavy atom. The number of benzene rings is 2. The van der Waals surface area contributed by atoms with E-state index >= 15 is 0 Å². The Hall–Kier alpha value is -1.96. The molecule has 0 heterocycles. The van der Waals surface area contributed by atoms with Crippen molar-refractivity contribution in [3.05, 3.63) is 48.5 Å². The van der Waals surface area contributed by atoms with Crippen molar-refractivity contribution in [1.29, 1.82) is 0 Å². The van der Waals surface area contributed by atoms with Gasteiger partial charge in [0.25, 0.3) is 0 Å². The third kappa shape index (κ3) is 1.55. The van der Waals surface area contributed by atoms with Crippen LogP contribution in [0, 0.1) is 6.07 Å². The van der Waals surface area contributed by atoms with E-state index in [-0.39, 0.29) is 11.5 Å². The predicted octanol–water partition coefficient (Wildman–Crippen LogP) is 2.56. The molecule has 0 aliphatic heterocycles. The third-order valence-corrected chi connectivity index (χ3v) is 1.99. The fraction of sp³-hybridized carbons (Fsp3) is 0. The highest BCUT2D eigenvalue weighted by Crippen LogP contribution is 2.29. The molecule has 1 radical (unpaired) electrons. The van der Waals surface area contributed by atoms with Crippen LogP contribution in [0.15, 0.2) is 42.5 Å². The van der Waals surface area contributed by atoms with E-state index in [1.54, 1.807) is 36.4 Å². The lowest BCUT2D eigenvalue weighted by atomic mass is 10.0. The van der Waals surface area contributed by atoms with Crippen LogP contribution in [0.5, 0.6) is 11.5 Å². The van der Waals surface area contributed by atoms with E-state index in [0.29, 0.717) is 5.56 Å². The molecule has 14 heavy (non-hydrogen) atoms. The zero-order chi connectivity index (χ0) is 9.97.